The van der Waals surface area contributed by atoms with Gasteiger partial charge in [-0.1, -0.05) is 0 Å². The Morgan fingerprint density at radius 1 is 1.12 bits per heavy atom. The van der Waals surface area contributed by atoms with Crippen molar-refractivity contribution in [3.05, 3.63) is 34.2 Å². The molecule has 3 nitrogen and oxygen atoms in total. The molecule has 0 atom stereocenters. The van der Waals surface area contributed by atoms with E-state index in [0.29, 0.717) is 0 Å². The fraction of sp³-hybridized carbons (Fsp3) is 0. The summed E-state index contributed by atoms with van der Waals surface area (Å²) in [6.07, 6.45) is 1.23. The first-order chi connectivity index (χ1) is 7.52. The highest BCUT2D eigenvalue weighted by molar-refractivity contribution is 9.10. The van der Waals surface area contributed by atoms with Crippen molar-refractivity contribution in [2.24, 2.45) is 0 Å². The Bertz CT molecular complexity index is 553. The van der Waals surface area contributed by atoms with E-state index >= 15 is 0 Å². The van der Waals surface area contributed by atoms with E-state index in [1.165, 1.54) is 6.20 Å². The van der Waals surface area contributed by atoms with Crippen LogP contribution < -0.4 is 5.73 Å². The second-order valence-corrected chi connectivity index (χ2v) is 3.90. The first-order valence-corrected chi connectivity index (χ1v) is 4.94. The van der Waals surface area contributed by atoms with Crippen LogP contribution in [0.1, 0.15) is 0 Å². The number of aromatic nitrogens is 2. The molecule has 0 aliphatic rings. The Morgan fingerprint density at radius 3 is 2.38 bits per heavy atom. The highest BCUT2D eigenvalue weighted by atomic mass is 79.9. The number of hydrogen-bond donors (Lipinski definition) is 2. The average Bonchev–Trinajstić information content (AvgIpc) is 2.67. The Kier molecular flexibility index (Phi) is 2.63. The van der Waals surface area contributed by atoms with E-state index in [2.05, 4.69) is 26.1 Å². The van der Waals surface area contributed by atoms with Gasteiger partial charge in [0, 0.05) is 11.1 Å². The number of nitrogens with two attached hydrogens (primary N) is 1. The third-order valence-corrected chi connectivity index (χ3v) is 2.64. The van der Waals surface area contributed by atoms with Crippen LogP contribution in [0.15, 0.2) is 16.7 Å². The zero-order chi connectivity index (χ0) is 11.9. The van der Waals surface area contributed by atoms with Crippen molar-refractivity contribution in [1.29, 1.82) is 0 Å². The van der Waals surface area contributed by atoms with Gasteiger partial charge >= 0.3 is 0 Å². The number of nitrogen functional groups attached to an aromatic ring is 1. The molecule has 0 saturated heterocycles. The van der Waals surface area contributed by atoms with Crippen molar-refractivity contribution in [3.63, 3.8) is 0 Å². The molecular formula is C9H5BrF3N3. The maximum Gasteiger partial charge on any atom is 0.196 e. The lowest BCUT2D eigenvalue weighted by Gasteiger charge is -2.05. The number of nitrogens with zero attached hydrogens (tertiary/aromatic N) is 1. The molecule has 16 heavy (non-hydrogen) atoms. The van der Waals surface area contributed by atoms with Gasteiger partial charge in [-0.25, -0.2) is 13.2 Å². The van der Waals surface area contributed by atoms with E-state index in [4.69, 9.17) is 5.73 Å². The summed E-state index contributed by atoms with van der Waals surface area (Å²) < 4.78 is 39.4. The topological polar surface area (TPSA) is 54.7 Å². The first-order valence-electron chi connectivity index (χ1n) is 4.14. The average molecular weight is 292 g/mol. The standard InChI is InChI=1S/C9H5BrF3N3/c10-5-1-3(4-2-15-16-9(4)14)6(11)8(13)7(5)12/h1-2H,(H3,14,15,16). The van der Waals surface area contributed by atoms with Gasteiger partial charge in [0.2, 0.25) is 0 Å². The molecule has 2 rings (SSSR count). The molecule has 0 bridgehead atoms. The summed E-state index contributed by atoms with van der Waals surface area (Å²) in [5.41, 5.74) is 5.49. The van der Waals surface area contributed by atoms with Crippen LogP contribution in [0.3, 0.4) is 0 Å². The summed E-state index contributed by atoms with van der Waals surface area (Å²) in [5, 5.41) is 5.95. The van der Waals surface area contributed by atoms with Gasteiger partial charge in [-0.05, 0) is 22.0 Å². The molecule has 1 heterocycles. The van der Waals surface area contributed by atoms with E-state index in [1.807, 2.05) is 0 Å². The fourth-order valence-electron chi connectivity index (χ4n) is 1.28. The van der Waals surface area contributed by atoms with Gasteiger partial charge in [0.05, 0.1) is 10.7 Å². The maximum atomic E-state index is 13.5. The summed E-state index contributed by atoms with van der Waals surface area (Å²) in [6, 6.07) is 1.11. The molecule has 1 aromatic carbocycles. The third kappa shape index (κ3) is 1.57. The Balaban J connectivity index is 2.72. The molecule has 0 spiro atoms. The minimum absolute atomic E-state index is 0.0804. The molecule has 0 radical (unpaired) electrons. The van der Waals surface area contributed by atoms with Crippen LogP contribution >= 0.6 is 15.9 Å². The SMILES string of the molecule is Nc1[nH]ncc1-c1cc(Br)c(F)c(F)c1F. The Labute approximate surface area is 96.6 Å². The van der Waals surface area contributed by atoms with Crippen molar-refractivity contribution in [2.45, 2.75) is 0 Å². The molecule has 7 heteroatoms. The van der Waals surface area contributed by atoms with Crippen LogP contribution in [0.4, 0.5) is 19.0 Å². The van der Waals surface area contributed by atoms with Gasteiger partial charge in [-0.2, -0.15) is 5.10 Å². The molecule has 0 unspecified atom stereocenters. The summed E-state index contributed by atoms with van der Waals surface area (Å²) in [5.74, 6) is -4.04. The van der Waals surface area contributed by atoms with Crippen molar-refractivity contribution in [3.8, 4) is 11.1 Å². The highest BCUT2D eigenvalue weighted by Crippen LogP contribution is 2.32. The molecular weight excluding hydrogens is 287 g/mol. The molecule has 0 aliphatic heterocycles. The van der Waals surface area contributed by atoms with Gasteiger partial charge in [-0.3, -0.25) is 5.10 Å². The molecule has 2 aromatic rings. The lowest BCUT2D eigenvalue weighted by molar-refractivity contribution is 0.446. The molecule has 3 N–H and O–H groups in total. The zero-order valence-corrected chi connectivity index (χ0v) is 9.28. The Morgan fingerprint density at radius 2 is 1.81 bits per heavy atom. The molecule has 0 saturated carbocycles. The first kappa shape index (κ1) is 11.0. The quantitative estimate of drug-likeness (QED) is 0.627. The monoisotopic (exact) mass is 291 g/mol. The Hall–Kier alpha value is -1.50. The lowest BCUT2D eigenvalue weighted by atomic mass is 10.1. The summed E-state index contributed by atoms with van der Waals surface area (Å²) >= 11 is 2.79. The third-order valence-electron chi connectivity index (χ3n) is 2.06. The predicted octanol–water partition coefficient (Wildman–Crippen LogP) is 2.84. The minimum atomic E-state index is -1.55. The van der Waals surface area contributed by atoms with Crippen LogP contribution in [0, 0.1) is 17.5 Å². The van der Waals surface area contributed by atoms with E-state index < -0.39 is 17.5 Å². The summed E-state index contributed by atoms with van der Waals surface area (Å²) in [6.45, 7) is 0. The van der Waals surface area contributed by atoms with Gasteiger partial charge in [0.25, 0.3) is 0 Å². The van der Waals surface area contributed by atoms with E-state index in [0.717, 1.165) is 6.07 Å². The number of hydrogen-bond acceptors (Lipinski definition) is 2. The van der Waals surface area contributed by atoms with Gasteiger partial charge in [-0.15, -0.1) is 0 Å². The zero-order valence-electron chi connectivity index (χ0n) is 7.69. The number of aromatic amines is 1. The van der Waals surface area contributed by atoms with Crippen LogP contribution in [-0.2, 0) is 0 Å². The van der Waals surface area contributed by atoms with Gasteiger partial charge in [0.15, 0.2) is 17.5 Å². The minimum Gasteiger partial charge on any atom is -0.384 e. The number of rotatable bonds is 1. The van der Waals surface area contributed by atoms with Crippen LogP contribution in [0.25, 0.3) is 11.1 Å². The predicted molar refractivity (Wildman–Crippen MR) is 56.0 cm³/mol. The van der Waals surface area contributed by atoms with Gasteiger partial charge < -0.3 is 5.73 Å². The largest absolute Gasteiger partial charge is 0.384 e. The van der Waals surface area contributed by atoms with Gasteiger partial charge in [0.1, 0.15) is 5.82 Å². The lowest BCUT2D eigenvalue weighted by Crippen LogP contribution is -1.97. The second-order valence-electron chi connectivity index (χ2n) is 3.05. The summed E-state index contributed by atoms with van der Waals surface area (Å²) in [7, 11) is 0. The number of H-pyrrole nitrogens is 1. The van der Waals surface area contributed by atoms with E-state index in [1.54, 1.807) is 0 Å². The molecule has 0 aliphatic carbocycles. The smallest absolute Gasteiger partial charge is 0.196 e. The number of benzene rings is 1. The molecule has 1 aromatic heterocycles. The van der Waals surface area contributed by atoms with Crippen LogP contribution in [0.5, 0.6) is 0 Å². The van der Waals surface area contributed by atoms with Crippen molar-refractivity contribution < 1.29 is 13.2 Å². The van der Waals surface area contributed by atoms with E-state index in [9.17, 15) is 13.2 Å². The van der Waals surface area contributed by atoms with Crippen molar-refractivity contribution in [1.82, 2.24) is 10.2 Å². The molecule has 84 valence electrons. The van der Waals surface area contributed by atoms with Crippen LogP contribution in [-0.4, -0.2) is 10.2 Å². The summed E-state index contributed by atoms with van der Waals surface area (Å²) in [4.78, 5) is 0. The number of anilines is 1. The van der Waals surface area contributed by atoms with Crippen LogP contribution in [0.2, 0.25) is 0 Å². The molecule has 0 amide bonds. The maximum absolute atomic E-state index is 13.5. The molecule has 0 fully saturated rings. The number of nitrogens with one attached hydrogen (secondary N) is 1. The highest BCUT2D eigenvalue weighted by Gasteiger charge is 2.20. The second kappa shape index (κ2) is 3.82. The number of halogens is 4. The normalized spacial score (nSPS) is 10.8. The van der Waals surface area contributed by atoms with Crippen molar-refractivity contribution in [2.75, 3.05) is 5.73 Å². The van der Waals surface area contributed by atoms with E-state index in [-0.39, 0.29) is 21.4 Å². The van der Waals surface area contributed by atoms with Crippen molar-refractivity contribution >= 4 is 21.7 Å². The fourth-order valence-corrected chi connectivity index (χ4v) is 1.68.